The van der Waals surface area contributed by atoms with Crippen molar-refractivity contribution >= 4 is 17.5 Å². The molecule has 6 nitrogen and oxygen atoms in total. The fourth-order valence-electron chi connectivity index (χ4n) is 2.40. The number of benzene rings is 1. The monoisotopic (exact) mass is 305 g/mol. The molecule has 1 heterocycles. The van der Waals surface area contributed by atoms with Crippen molar-refractivity contribution in [3.05, 3.63) is 45.6 Å². The summed E-state index contributed by atoms with van der Waals surface area (Å²) in [6, 6.07) is 4.70. The van der Waals surface area contributed by atoms with Crippen molar-refractivity contribution < 1.29 is 19.4 Å². The Morgan fingerprint density at radius 2 is 2.14 bits per heavy atom. The minimum Gasteiger partial charge on any atom is -0.370 e. The molecule has 1 N–H and O–H groups in total. The molecule has 0 atom stereocenters. The molecule has 0 unspecified atom stereocenters. The van der Waals surface area contributed by atoms with Crippen LogP contribution in [-0.2, 0) is 4.74 Å². The van der Waals surface area contributed by atoms with Gasteiger partial charge in [0.15, 0.2) is 5.78 Å². The standard InChI is InChI=1S/C16H20N2O4/c1-2-3-16(19)14-5-4-13(15(12-14)18(20)21)6-7-17-8-10-22-11-9-17/h4-7,12H,2-3,8-11H2,1H3/p+1. The maximum atomic E-state index is 11.9. The van der Waals surface area contributed by atoms with E-state index in [9.17, 15) is 14.9 Å². The quantitative estimate of drug-likeness (QED) is 0.490. The number of hydrogen-bond donors (Lipinski definition) is 1. The van der Waals surface area contributed by atoms with Crippen molar-refractivity contribution in [1.29, 1.82) is 0 Å². The number of quaternary nitrogens is 1. The molecule has 0 bridgehead atoms. The third kappa shape index (κ3) is 4.22. The molecule has 22 heavy (non-hydrogen) atoms. The fourth-order valence-corrected chi connectivity index (χ4v) is 2.40. The van der Waals surface area contributed by atoms with E-state index < -0.39 is 4.92 Å². The van der Waals surface area contributed by atoms with Crippen LogP contribution in [-0.4, -0.2) is 37.0 Å². The normalized spacial score (nSPS) is 16.0. The minimum atomic E-state index is -0.433. The third-order valence-corrected chi connectivity index (χ3v) is 3.66. The van der Waals surface area contributed by atoms with E-state index in [0.29, 0.717) is 30.8 Å². The van der Waals surface area contributed by atoms with Gasteiger partial charge in [-0.15, -0.1) is 0 Å². The maximum absolute atomic E-state index is 11.9. The van der Waals surface area contributed by atoms with Gasteiger partial charge in [0.05, 0.1) is 29.9 Å². The Hall–Kier alpha value is -2.05. The largest absolute Gasteiger partial charge is 0.370 e. The van der Waals surface area contributed by atoms with Gasteiger partial charge in [0.1, 0.15) is 13.1 Å². The highest BCUT2D eigenvalue weighted by atomic mass is 16.6. The first-order valence-electron chi connectivity index (χ1n) is 7.54. The second-order valence-electron chi connectivity index (χ2n) is 5.31. The molecule has 1 fully saturated rings. The van der Waals surface area contributed by atoms with Crippen molar-refractivity contribution in [1.82, 2.24) is 0 Å². The molecule has 0 radical (unpaired) electrons. The Labute approximate surface area is 129 Å². The molecule has 0 saturated carbocycles. The maximum Gasteiger partial charge on any atom is 0.277 e. The summed E-state index contributed by atoms with van der Waals surface area (Å²) in [4.78, 5) is 23.9. The molecule has 0 aromatic heterocycles. The minimum absolute atomic E-state index is 0.0223. The number of ketones is 1. The van der Waals surface area contributed by atoms with Gasteiger partial charge in [0.2, 0.25) is 0 Å². The molecule has 1 aliphatic heterocycles. The summed E-state index contributed by atoms with van der Waals surface area (Å²) in [6.45, 7) is 5.03. The summed E-state index contributed by atoms with van der Waals surface area (Å²) in [6.07, 6.45) is 4.82. The fraction of sp³-hybridized carbons (Fsp3) is 0.438. The molecular weight excluding hydrogens is 284 g/mol. The molecule has 0 amide bonds. The lowest BCUT2D eigenvalue weighted by Crippen LogP contribution is -3.09. The zero-order valence-corrected chi connectivity index (χ0v) is 12.7. The molecular formula is C16H21N2O4+. The van der Waals surface area contributed by atoms with Crippen LogP contribution < -0.4 is 4.90 Å². The molecule has 0 aliphatic carbocycles. The van der Waals surface area contributed by atoms with Gasteiger partial charge in [-0.2, -0.15) is 0 Å². The van der Waals surface area contributed by atoms with Crippen LogP contribution in [0.1, 0.15) is 35.7 Å². The van der Waals surface area contributed by atoms with Gasteiger partial charge in [-0.1, -0.05) is 13.0 Å². The van der Waals surface area contributed by atoms with E-state index in [4.69, 9.17) is 4.74 Å². The van der Waals surface area contributed by atoms with Gasteiger partial charge < -0.3 is 9.64 Å². The zero-order chi connectivity index (χ0) is 15.9. The van der Waals surface area contributed by atoms with E-state index in [2.05, 4.69) is 0 Å². The van der Waals surface area contributed by atoms with E-state index in [1.165, 1.54) is 11.0 Å². The van der Waals surface area contributed by atoms with Crippen LogP contribution in [0.4, 0.5) is 5.69 Å². The van der Waals surface area contributed by atoms with Crippen LogP contribution in [0.25, 0.3) is 6.08 Å². The Balaban J connectivity index is 2.21. The predicted molar refractivity (Wildman–Crippen MR) is 82.9 cm³/mol. The number of rotatable bonds is 6. The summed E-state index contributed by atoms with van der Waals surface area (Å²) < 4.78 is 5.28. The van der Waals surface area contributed by atoms with Crippen LogP contribution in [0.5, 0.6) is 0 Å². The highest BCUT2D eigenvalue weighted by Gasteiger charge is 2.17. The summed E-state index contributed by atoms with van der Waals surface area (Å²) in [5.74, 6) is -0.0556. The van der Waals surface area contributed by atoms with Gasteiger partial charge in [-0.05, 0) is 12.5 Å². The summed E-state index contributed by atoms with van der Waals surface area (Å²) in [5.41, 5.74) is 0.910. The molecule has 118 valence electrons. The topological polar surface area (TPSA) is 73.9 Å². The van der Waals surface area contributed by atoms with Crippen LogP contribution in [0.2, 0.25) is 0 Å². The van der Waals surface area contributed by atoms with Gasteiger partial charge >= 0.3 is 0 Å². The number of morpholine rings is 1. The van der Waals surface area contributed by atoms with Gasteiger partial charge in [0, 0.05) is 24.1 Å². The SMILES string of the molecule is CCCC(=O)c1ccc(C=C[NH+]2CCOCC2)c([N+](=O)[O-])c1. The van der Waals surface area contributed by atoms with E-state index in [1.807, 2.05) is 13.1 Å². The number of hydrogen-bond acceptors (Lipinski definition) is 4. The van der Waals surface area contributed by atoms with Crippen molar-refractivity contribution in [2.24, 2.45) is 0 Å². The Morgan fingerprint density at radius 1 is 1.41 bits per heavy atom. The lowest BCUT2D eigenvalue weighted by molar-refractivity contribution is -0.855. The van der Waals surface area contributed by atoms with Crippen molar-refractivity contribution in [3.63, 3.8) is 0 Å². The highest BCUT2D eigenvalue weighted by Crippen LogP contribution is 2.22. The average molecular weight is 305 g/mol. The molecule has 2 rings (SSSR count). The first-order chi connectivity index (χ1) is 10.6. The van der Waals surface area contributed by atoms with Crippen LogP contribution in [0.3, 0.4) is 0 Å². The second kappa shape index (κ2) is 7.82. The van der Waals surface area contributed by atoms with Crippen molar-refractivity contribution in [2.75, 3.05) is 26.3 Å². The summed E-state index contributed by atoms with van der Waals surface area (Å²) in [7, 11) is 0. The summed E-state index contributed by atoms with van der Waals surface area (Å²) in [5, 5.41) is 11.2. The smallest absolute Gasteiger partial charge is 0.277 e. The molecule has 1 saturated heterocycles. The zero-order valence-electron chi connectivity index (χ0n) is 12.7. The average Bonchev–Trinajstić information content (AvgIpc) is 2.54. The number of Topliss-reactive ketones (excluding diaryl/α,β-unsaturated/α-hetero) is 1. The first kappa shape index (κ1) is 16.3. The van der Waals surface area contributed by atoms with Crippen molar-refractivity contribution in [2.45, 2.75) is 19.8 Å². The van der Waals surface area contributed by atoms with Crippen LogP contribution in [0.15, 0.2) is 24.4 Å². The lowest BCUT2D eigenvalue weighted by Gasteiger charge is -2.19. The lowest BCUT2D eigenvalue weighted by atomic mass is 10.0. The highest BCUT2D eigenvalue weighted by molar-refractivity contribution is 5.97. The number of nitrogens with one attached hydrogen (secondary N) is 1. The number of carbonyl (C=O) groups is 1. The number of nitro groups is 1. The second-order valence-corrected chi connectivity index (χ2v) is 5.31. The summed E-state index contributed by atoms with van der Waals surface area (Å²) >= 11 is 0. The van der Waals surface area contributed by atoms with E-state index in [-0.39, 0.29) is 11.5 Å². The Bertz CT molecular complexity index is 578. The van der Waals surface area contributed by atoms with Crippen LogP contribution in [0, 0.1) is 10.1 Å². The molecule has 1 aromatic carbocycles. The number of nitrogens with zero attached hydrogens (tertiary/aromatic N) is 1. The molecule has 0 spiro atoms. The van der Waals surface area contributed by atoms with E-state index in [1.54, 1.807) is 18.2 Å². The van der Waals surface area contributed by atoms with Gasteiger partial charge in [-0.25, -0.2) is 0 Å². The predicted octanol–water partition coefficient (Wildman–Crippen LogP) is 1.46. The number of ether oxygens (including phenoxy) is 1. The molecule has 1 aliphatic rings. The molecule has 6 heteroatoms. The number of nitro benzene ring substituents is 1. The van der Waals surface area contributed by atoms with Crippen LogP contribution >= 0.6 is 0 Å². The van der Waals surface area contributed by atoms with Gasteiger partial charge in [-0.3, -0.25) is 14.9 Å². The van der Waals surface area contributed by atoms with Crippen molar-refractivity contribution in [3.8, 4) is 0 Å². The van der Waals surface area contributed by atoms with E-state index >= 15 is 0 Å². The Kier molecular flexibility index (Phi) is 5.80. The molecule has 1 aromatic rings. The first-order valence-corrected chi connectivity index (χ1v) is 7.54. The number of carbonyl (C=O) groups excluding carboxylic acids is 1. The third-order valence-electron chi connectivity index (χ3n) is 3.66. The van der Waals surface area contributed by atoms with E-state index in [0.717, 1.165) is 19.5 Å². The Morgan fingerprint density at radius 3 is 2.77 bits per heavy atom. The van der Waals surface area contributed by atoms with Gasteiger partial charge in [0.25, 0.3) is 5.69 Å².